The maximum atomic E-state index is 12.2. The van der Waals surface area contributed by atoms with Crippen molar-refractivity contribution in [2.75, 3.05) is 5.73 Å². The van der Waals surface area contributed by atoms with Gasteiger partial charge in [-0.05, 0) is 31.6 Å². The molecule has 1 amide bonds. The van der Waals surface area contributed by atoms with Gasteiger partial charge in [-0.3, -0.25) is 4.79 Å². The van der Waals surface area contributed by atoms with E-state index < -0.39 is 0 Å². The van der Waals surface area contributed by atoms with Gasteiger partial charge in [-0.25, -0.2) is 4.98 Å². The number of thiazole rings is 1. The standard InChI is InChI=1S/C13H21N3OS/c1-8-10(18-12(14)15-8)11(17)16-9-5-4-6-13(2,3)7-9/h9H,4-7H2,1-3H3,(H2,14,15)(H,16,17). The molecule has 1 aliphatic carbocycles. The van der Waals surface area contributed by atoms with Crippen molar-refractivity contribution >= 4 is 22.4 Å². The van der Waals surface area contributed by atoms with Crippen LogP contribution in [0.4, 0.5) is 5.13 Å². The minimum atomic E-state index is -0.0237. The van der Waals surface area contributed by atoms with Crippen LogP contribution in [-0.2, 0) is 0 Å². The minimum Gasteiger partial charge on any atom is -0.375 e. The van der Waals surface area contributed by atoms with Crippen LogP contribution in [0, 0.1) is 12.3 Å². The fourth-order valence-corrected chi connectivity index (χ4v) is 3.44. The molecule has 1 atom stereocenters. The highest BCUT2D eigenvalue weighted by atomic mass is 32.1. The lowest BCUT2D eigenvalue weighted by Gasteiger charge is -2.35. The SMILES string of the molecule is Cc1nc(N)sc1C(=O)NC1CCCC(C)(C)C1. The van der Waals surface area contributed by atoms with Gasteiger partial charge in [-0.2, -0.15) is 0 Å². The molecule has 2 rings (SSSR count). The van der Waals surface area contributed by atoms with E-state index in [1.165, 1.54) is 24.2 Å². The number of anilines is 1. The molecule has 5 heteroatoms. The second-order valence-corrected chi connectivity index (χ2v) is 6.93. The summed E-state index contributed by atoms with van der Waals surface area (Å²) in [5.74, 6) is -0.0237. The second-order valence-electron chi connectivity index (χ2n) is 5.90. The van der Waals surface area contributed by atoms with Crippen molar-refractivity contribution in [3.05, 3.63) is 10.6 Å². The van der Waals surface area contributed by atoms with E-state index in [0.717, 1.165) is 18.5 Å². The largest absolute Gasteiger partial charge is 0.375 e. The van der Waals surface area contributed by atoms with Gasteiger partial charge in [-0.1, -0.05) is 31.6 Å². The zero-order valence-electron chi connectivity index (χ0n) is 11.2. The van der Waals surface area contributed by atoms with Gasteiger partial charge in [0, 0.05) is 6.04 Å². The molecule has 1 aromatic rings. The number of nitrogens with two attached hydrogens (primary N) is 1. The fraction of sp³-hybridized carbons (Fsp3) is 0.692. The first kappa shape index (κ1) is 13.3. The van der Waals surface area contributed by atoms with Crippen LogP contribution in [0.5, 0.6) is 0 Å². The van der Waals surface area contributed by atoms with Crippen molar-refractivity contribution in [2.45, 2.75) is 52.5 Å². The topological polar surface area (TPSA) is 68.0 Å². The lowest BCUT2D eigenvalue weighted by Crippen LogP contribution is -2.40. The number of nitrogens with one attached hydrogen (secondary N) is 1. The average Bonchev–Trinajstić information content (AvgIpc) is 2.56. The zero-order chi connectivity index (χ0) is 13.3. The molecule has 100 valence electrons. The molecule has 18 heavy (non-hydrogen) atoms. The normalized spacial score (nSPS) is 22.7. The number of amides is 1. The van der Waals surface area contributed by atoms with Crippen LogP contribution < -0.4 is 11.1 Å². The summed E-state index contributed by atoms with van der Waals surface area (Å²) >= 11 is 1.27. The predicted octanol–water partition coefficient (Wildman–Crippen LogP) is 2.73. The molecule has 1 aromatic heterocycles. The van der Waals surface area contributed by atoms with Crippen molar-refractivity contribution in [3.63, 3.8) is 0 Å². The van der Waals surface area contributed by atoms with Crippen LogP contribution >= 0.6 is 11.3 Å². The first-order valence-corrected chi connectivity index (χ1v) is 7.23. The van der Waals surface area contributed by atoms with Gasteiger partial charge in [0.05, 0.1) is 5.69 Å². The first-order chi connectivity index (χ1) is 8.37. The Morgan fingerprint density at radius 3 is 2.83 bits per heavy atom. The Hall–Kier alpha value is -1.10. The number of nitrogen functional groups attached to an aromatic ring is 1. The monoisotopic (exact) mass is 267 g/mol. The van der Waals surface area contributed by atoms with E-state index in [2.05, 4.69) is 24.1 Å². The molecule has 0 spiro atoms. The van der Waals surface area contributed by atoms with E-state index in [0.29, 0.717) is 15.4 Å². The Balaban J connectivity index is 2.01. The lowest BCUT2D eigenvalue weighted by molar-refractivity contribution is 0.0906. The summed E-state index contributed by atoms with van der Waals surface area (Å²) in [5, 5.41) is 3.58. The summed E-state index contributed by atoms with van der Waals surface area (Å²) in [6.45, 7) is 6.36. The zero-order valence-corrected chi connectivity index (χ0v) is 12.1. The molecule has 1 unspecified atom stereocenters. The Morgan fingerprint density at radius 1 is 1.56 bits per heavy atom. The van der Waals surface area contributed by atoms with E-state index in [1.807, 2.05) is 6.92 Å². The Kier molecular flexibility index (Phi) is 3.61. The van der Waals surface area contributed by atoms with Crippen molar-refractivity contribution in [3.8, 4) is 0 Å². The molecule has 1 heterocycles. The first-order valence-electron chi connectivity index (χ1n) is 6.41. The summed E-state index contributed by atoms with van der Waals surface area (Å²) in [4.78, 5) is 16.9. The Morgan fingerprint density at radius 2 is 2.28 bits per heavy atom. The van der Waals surface area contributed by atoms with Gasteiger partial charge in [-0.15, -0.1) is 0 Å². The van der Waals surface area contributed by atoms with E-state index >= 15 is 0 Å². The van der Waals surface area contributed by atoms with Crippen molar-refractivity contribution in [2.24, 2.45) is 5.41 Å². The van der Waals surface area contributed by atoms with Gasteiger partial charge in [0.1, 0.15) is 4.88 Å². The third-order valence-electron chi connectivity index (χ3n) is 3.56. The lowest BCUT2D eigenvalue weighted by atomic mass is 9.75. The van der Waals surface area contributed by atoms with E-state index in [-0.39, 0.29) is 11.9 Å². The molecule has 0 radical (unpaired) electrons. The van der Waals surface area contributed by atoms with Gasteiger partial charge in [0.15, 0.2) is 5.13 Å². The Labute approximate surface area is 112 Å². The fourth-order valence-electron chi connectivity index (χ4n) is 2.70. The van der Waals surface area contributed by atoms with Crippen LogP contribution in [0.25, 0.3) is 0 Å². The van der Waals surface area contributed by atoms with Crippen molar-refractivity contribution in [1.29, 1.82) is 0 Å². The quantitative estimate of drug-likeness (QED) is 0.865. The molecule has 1 fully saturated rings. The summed E-state index contributed by atoms with van der Waals surface area (Å²) in [5.41, 5.74) is 6.68. The number of carbonyl (C=O) groups excluding carboxylic acids is 1. The van der Waals surface area contributed by atoms with Crippen molar-refractivity contribution in [1.82, 2.24) is 10.3 Å². The number of nitrogens with zero attached hydrogens (tertiary/aromatic N) is 1. The van der Waals surface area contributed by atoms with Crippen LogP contribution in [0.15, 0.2) is 0 Å². The number of hydrogen-bond donors (Lipinski definition) is 2. The third-order valence-corrected chi connectivity index (χ3v) is 4.55. The molecule has 4 nitrogen and oxygen atoms in total. The maximum absolute atomic E-state index is 12.2. The molecule has 1 aliphatic rings. The highest BCUT2D eigenvalue weighted by Gasteiger charge is 2.29. The van der Waals surface area contributed by atoms with Crippen LogP contribution in [-0.4, -0.2) is 16.9 Å². The minimum absolute atomic E-state index is 0.0237. The number of rotatable bonds is 2. The molecule has 0 aliphatic heterocycles. The van der Waals surface area contributed by atoms with Gasteiger partial charge in [0.25, 0.3) is 5.91 Å². The van der Waals surface area contributed by atoms with Crippen LogP contribution in [0.3, 0.4) is 0 Å². The number of carbonyl (C=O) groups is 1. The van der Waals surface area contributed by atoms with Crippen LogP contribution in [0.1, 0.15) is 54.9 Å². The summed E-state index contributed by atoms with van der Waals surface area (Å²) < 4.78 is 0. The maximum Gasteiger partial charge on any atom is 0.263 e. The molecular formula is C13H21N3OS. The smallest absolute Gasteiger partial charge is 0.263 e. The molecule has 0 saturated heterocycles. The molecule has 3 N–H and O–H groups in total. The average molecular weight is 267 g/mol. The van der Waals surface area contributed by atoms with Gasteiger partial charge in [0.2, 0.25) is 0 Å². The van der Waals surface area contributed by atoms with Crippen LogP contribution in [0.2, 0.25) is 0 Å². The summed E-state index contributed by atoms with van der Waals surface area (Å²) in [6, 6.07) is 0.281. The van der Waals surface area contributed by atoms with E-state index in [4.69, 9.17) is 5.73 Å². The summed E-state index contributed by atoms with van der Waals surface area (Å²) in [6.07, 6.45) is 4.54. The van der Waals surface area contributed by atoms with E-state index in [1.54, 1.807) is 0 Å². The highest BCUT2D eigenvalue weighted by Crippen LogP contribution is 2.35. The van der Waals surface area contributed by atoms with Gasteiger partial charge < -0.3 is 11.1 Å². The Bertz CT molecular complexity index is 453. The third kappa shape index (κ3) is 3.02. The number of hydrogen-bond acceptors (Lipinski definition) is 4. The predicted molar refractivity (Wildman–Crippen MR) is 74.8 cm³/mol. The highest BCUT2D eigenvalue weighted by molar-refractivity contribution is 7.17. The van der Waals surface area contributed by atoms with E-state index in [9.17, 15) is 4.79 Å². The molecule has 0 bridgehead atoms. The summed E-state index contributed by atoms with van der Waals surface area (Å²) in [7, 11) is 0. The molecular weight excluding hydrogens is 246 g/mol. The molecule has 1 saturated carbocycles. The number of aromatic nitrogens is 1. The second kappa shape index (κ2) is 4.88. The number of aryl methyl sites for hydroxylation is 1. The molecule has 0 aromatic carbocycles. The van der Waals surface area contributed by atoms with Gasteiger partial charge >= 0.3 is 0 Å². The van der Waals surface area contributed by atoms with Crippen molar-refractivity contribution < 1.29 is 4.79 Å².